The maximum atomic E-state index is 12.5. The van der Waals surface area contributed by atoms with Crippen molar-refractivity contribution in [2.75, 3.05) is 33.4 Å². The molecule has 0 bridgehead atoms. The van der Waals surface area contributed by atoms with E-state index in [1.807, 2.05) is 13.8 Å². The van der Waals surface area contributed by atoms with Crippen molar-refractivity contribution in [3.05, 3.63) is 29.8 Å². The highest BCUT2D eigenvalue weighted by molar-refractivity contribution is 5.94. The molecule has 12 nitrogen and oxygen atoms in total. The zero-order valence-corrected chi connectivity index (χ0v) is 24.3. The van der Waals surface area contributed by atoms with Gasteiger partial charge >= 0.3 is 11.9 Å². The molecule has 228 valence electrons. The first kappa shape index (κ1) is 33.6. The Morgan fingerprint density at radius 2 is 1.95 bits per heavy atom. The summed E-state index contributed by atoms with van der Waals surface area (Å²) in [4.78, 5) is 48.0. The number of rotatable bonds is 17. The van der Waals surface area contributed by atoms with Gasteiger partial charge < -0.3 is 40.0 Å². The summed E-state index contributed by atoms with van der Waals surface area (Å²) in [5.74, 6) is -1.35. The molecule has 2 amide bonds. The van der Waals surface area contributed by atoms with Gasteiger partial charge in [-0.1, -0.05) is 19.9 Å². The predicted octanol–water partition coefficient (Wildman–Crippen LogP) is 2.26. The van der Waals surface area contributed by atoms with Crippen molar-refractivity contribution in [1.82, 2.24) is 16.0 Å². The fourth-order valence-corrected chi connectivity index (χ4v) is 4.02. The van der Waals surface area contributed by atoms with Crippen molar-refractivity contribution in [2.45, 2.75) is 71.2 Å². The molecule has 1 unspecified atom stereocenters. The molecular weight excluding hydrogens is 534 g/mol. The lowest BCUT2D eigenvalue weighted by atomic mass is 10.0. The molecule has 0 spiro atoms. The summed E-state index contributed by atoms with van der Waals surface area (Å²) in [5.41, 5.74) is 0.711. The predicted molar refractivity (Wildman–Crippen MR) is 151 cm³/mol. The number of amides is 2. The topological polar surface area (TPSA) is 162 Å². The summed E-state index contributed by atoms with van der Waals surface area (Å²) >= 11 is 0. The van der Waals surface area contributed by atoms with Gasteiger partial charge in [-0.2, -0.15) is 0 Å². The summed E-state index contributed by atoms with van der Waals surface area (Å²) in [6.45, 7) is 6.28. The summed E-state index contributed by atoms with van der Waals surface area (Å²) in [5, 5.41) is 17.4. The molecule has 1 heterocycles. The third kappa shape index (κ3) is 12.6. The average Bonchev–Trinajstić information content (AvgIpc) is 2.95. The minimum absolute atomic E-state index is 0.00373. The number of carboxylic acid groups (broad SMARTS) is 1. The molecule has 0 saturated carbocycles. The number of ether oxygens (including phenoxy) is 4. The minimum Gasteiger partial charge on any atom is -0.493 e. The van der Waals surface area contributed by atoms with E-state index in [1.54, 1.807) is 31.2 Å². The number of hydrogen-bond acceptors (Lipinski definition) is 9. The maximum absolute atomic E-state index is 12.5. The highest BCUT2D eigenvalue weighted by atomic mass is 16.7. The molecule has 0 radical (unpaired) electrons. The molecule has 3 atom stereocenters. The highest BCUT2D eigenvalue weighted by Crippen LogP contribution is 2.31. The van der Waals surface area contributed by atoms with E-state index in [9.17, 15) is 19.2 Å². The van der Waals surface area contributed by atoms with Crippen LogP contribution in [0.2, 0.25) is 0 Å². The van der Waals surface area contributed by atoms with Crippen LogP contribution in [0.15, 0.2) is 24.3 Å². The monoisotopic (exact) mass is 577 g/mol. The lowest BCUT2D eigenvalue weighted by molar-refractivity contribution is -0.146. The van der Waals surface area contributed by atoms with Crippen LogP contribution in [-0.4, -0.2) is 80.6 Å². The van der Waals surface area contributed by atoms with Gasteiger partial charge in [-0.3, -0.25) is 19.2 Å². The molecular formula is C29H43N3O9. The zero-order valence-electron chi connectivity index (χ0n) is 24.3. The number of carbonyl (C=O) groups is 4. The molecule has 12 heteroatoms. The number of carbonyl (C=O) groups excluding carboxylic acids is 3. The molecule has 1 aromatic rings. The van der Waals surface area contributed by atoms with Crippen LogP contribution in [0.25, 0.3) is 6.08 Å². The van der Waals surface area contributed by atoms with E-state index >= 15 is 0 Å². The van der Waals surface area contributed by atoms with Gasteiger partial charge in [0.05, 0.1) is 26.9 Å². The van der Waals surface area contributed by atoms with Crippen molar-refractivity contribution >= 4 is 29.8 Å². The minimum atomic E-state index is -1.02. The first-order valence-electron chi connectivity index (χ1n) is 14.0. The molecule has 41 heavy (non-hydrogen) atoms. The Kier molecular flexibility index (Phi) is 14.7. The zero-order chi connectivity index (χ0) is 30.2. The number of nitrogens with one attached hydrogen (secondary N) is 3. The number of methoxy groups -OCH3 is 1. The van der Waals surface area contributed by atoms with Gasteiger partial charge in [-0.25, -0.2) is 0 Å². The number of benzene rings is 1. The van der Waals surface area contributed by atoms with E-state index < -0.39 is 29.8 Å². The number of hydrogen-bond donors (Lipinski definition) is 4. The normalized spacial score (nSPS) is 16.6. The molecule has 0 aliphatic carbocycles. The van der Waals surface area contributed by atoms with E-state index in [4.69, 9.17) is 24.1 Å². The van der Waals surface area contributed by atoms with Gasteiger partial charge in [-0.05, 0) is 55.9 Å². The van der Waals surface area contributed by atoms with Gasteiger partial charge in [0, 0.05) is 31.5 Å². The third-order valence-corrected chi connectivity index (χ3v) is 6.39. The molecule has 1 aromatic carbocycles. The Balaban J connectivity index is 1.86. The average molecular weight is 578 g/mol. The van der Waals surface area contributed by atoms with Crippen molar-refractivity contribution in [3.8, 4) is 11.5 Å². The summed E-state index contributed by atoms with van der Waals surface area (Å²) in [7, 11) is 1.54. The van der Waals surface area contributed by atoms with Gasteiger partial charge in [0.25, 0.3) is 0 Å². The van der Waals surface area contributed by atoms with Gasteiger partial charge in [-0.15, -0.1) is 0 Å². The van der Waals surface area contributed by atoms with Crippen LogP contribution in [-0.2, 0) is 28.7 Å². The van der Waals surface area contributed by atoms with E-state index in [0.717, 1.165) is 19.3 Å². The van der Waals surface area contributed by atoms with Gasteiger partial charge in [0.2, 0.25) is 11.8 Å². The van der Waals surface area contributed by atoms with Crippen molar-refractivity contribution in [3.63, 3.8) is 0 Å². The Hall–Kier alpha value is -3.64. The SMILES string of the molecule is CCOC(=O)[C@@H](CCC(=O)O)NC[C@@H](NC(=O)CNC(=O)/C=C/c1ccc(OC2CCCCO2)c(OC)c1)C(C)C. The second-order valence-electron chi connectivity index (χ2n) is 9.94. The Bertz CT molecular complexity index is 1040. The summed E-state index contributed by atoms with van der Waals surface area (Å²) in [6, 6.07) is 4.11. The molecule has 1 fully saturated rings. The Morgan fingerprint density at radius 1 is 1.17 bits per heavy atom. The van der Waals surface area contributed by atoms with Gasteiger partial charge in [0.15, 0.2) is 17.8 Å². The Labute approximate surface area is 241 Å². The third-order valence-electron chi connectivity index (χ3n) is 6.39. The van der Waals surface area contributed by atoms with E-state index in [0.29, 0.717) is 23.7 Å². The molecule has 1 aliphatic rings. The second-order valence-corrected chi connectivity index (χ2v) is 9.94. The largest absolute Gasteiger partial charge is 0.493 e. The van der Waals surface area contributed by atoms with Crippen LogP contribution >= 0.6 is 0 Å². The van der Waals surface area contributed by atoms with Crippen LogP contribution in [0, 0.1) is 5.92 Å². The fourth-order valence-electron chi connectivity index (χ4n) is 4.02. The maximum Gasteiger partial charge on any atom is 0.323 e. The first-order chi connectivity index (χ1) is 19.6. The van der Waals surface area contributed by atoms with Crippen LogP contribution in [0.1, 0.15) is 58.4 Å². The summed E-state index contributed by atoms with van der Waals surface area (Å²) < 4.78 is 22.0. The molecule has 1 aliphatic heterocycles. The first-order valence-corrected chi connectivity index (χ1v) is 14.0. The van der Waals surface area contributed by atoms with Crippen molar-refractivity contribution in [1.29, 1.82) is 0 Å². The van der Waals surface area contributed by atoms with E-state index in [2.05, 4.69) is 16.0 Å². The van der Waals surface area contributed by atoms with E-state index in [-0.39, 0.29) is 50.8 Å². The fraction of sp³-hybridized carbons (Fsp3) is 0.586. The highest BCUT2D eigenvalue weighted by Gasteiger charge is 2.24. The molecule has 4 N–H and O–H groups in total. The smallest absolute Gasteiger partial charge is 0.323 e. The van der Waals surface area contributed by atoms with E-state index in [1.165, 1.54) is 13.2 Å². The van der Waals surface area contributed by atoms with Crippen LogP contribution < -0.4 is 25.4 Å². The standard InChI is InChI=1S/C29H43N3O9/c1-5-39-29(37)21(11-14-27(35)36)30-17-22(19(2)3)32-26(34)18-31-25(33)13-10-20-9-12-23(24(16-20)38-4)41-28-8-6-7-15-40-28/h9-10,12-13,16,19,21-22,28,30H,5-8,11,14-15,17-18H2,1-4H3,(H,31,33)(H,32,34)(H,35,36)/b13-10+/t21-,22-,28?/m1/s1. The van der Waals surface area contributed by atoms with Crippen molar-refractivity contribution < 1.29 is 43.2 Å². The van der Waals surface area contributed by atoms with Gasteiger partial charge in [0.1, 0.15) is 6.04 Å². The lowest BCUT2D eigenvalue weighted by Gasteiger charge is -2.25. The van der Waals surface area contributed by atoms with Crippen LogP contribution in [0.3, 0.4) is 0 Å². The molecule has 1 saturated heterocycles. The Morgan fingerprint density at radius 3 is 2.59 bits per heavy atom. The molecule has 0 aromatic heterocycles. The quantitative estimate of drug-likeness (QED) is 0.160. The number of esters is 1. The molecule has 2 rings (SSSR count). The second kappa shape index (κ2) is 17.9. The summed E-state index contributed by atoms with van der Waals surface area (Å²) in [6.07, 6.45) is 5.35. The van der Waals surface area contributed by atoms with Crippen molar-refractivity contribution in [2.24, 2.45) is 5.92 Å². The number of carboxylic acids is 1. The lowest BCUT2D eigenvalue weighted by Crippen LogP contribution is -2.51. The number of aliphatic carboxylic acids is 1. The van der Waals surface area contributed by atoms with Crippen LogP contribution in [0.5, 0.6) is 11.5 Å². The van der Waals surface area contributed by atoms with Crippen LogP contribution in [0.4, 0.5) is 0 Å².